The standard InChI is InChI=1S/C27H35ClN4O3/c1-21(32-35-30-20-23-10-3-2-4-11-23)31-27(33)29-19-7-12-25(16-13-22-8-5-6-9-22)34-26-17-14-24(28)15-18-26/h2-4,10-11,13-15,17-18,20-21,25,32H,5-9,12,16,19H2,1H3,(H2,29,31,33)/b30-20+. The summed E-state index contributed by atoms with van der Waals surface area (Å²) in [6.45, 7) is 2.31. The van der Waals surface area contributed by atoms with Crippen LogP contribution in [0.15, 0.2) is 71.4 Å². The van der Waals surface area contributed by atoms with Gasteiger partial charge in [-0.1, -0.05) is 58.7 Å². The highest BCUT2D eigenvalue weighted by molar-refractivity contribution is 6.30. The molecule has 8 heteroatoms. The first-order valence-corrected chi connectivity index (χ1v) is 12.6. The third-order valence-electron chi connectivity index (χ3n) is 5.65. The van der Waals surface area contributed by atoms with Crippen molar-refractivity contribution < 1.29 is 14.5 Å². The molecular weight excluding hydrogens is 464 g/mol. The van der Waals surface area contributed by atoms with E-state index in [-0.39, 0.29) is 12.1 Å². The normalized spacial score (nSPS) is 15.0. The van der Waals surface area contributed by atoms with Gasteiger partial charge in [0.25, 0.3) is 0 Å². The molecule has 1 aliphatic rings. The third-order valence-corrected chi connectivity index (χ3v) is 5.90. The number of ether oxygens (including phenoxy) is 1. The van der Waals surface area contributed by atoms with Gasteiger partial charge in [-0.15, -0.1) is 5.48 Å². The van der Waals surface area contributed by atoms with Gasteiger partial charge < -0.3 is 15.4 Å². The van der Waals surface area contributed by atoms with Gasteiger partial charge in [-0.3, -0.25) is 4.94 Å². The second-order valence-corrected chi connectivity index (χ2v) is 9.05. The Kier molecular flexibility index (Phi) is 11.4. The molecular formula is C27H35ClN4O3. The Labute approximate surface area is 212 Å². The molecule has 2 amide bonds. The van der Waals surface area contributed by atoms with Crippen LogP contribution in [-0.2, 0) is 4.94 Å². The second kappa shape index (κ2) is 15.1. The monoisotopic (exact) mass is 498 g/mol. The van der Waals surface area contributed by atoms with Crippen molar-refractivity contribution >= 4 is 23.8 Å². The number of allylic oxidation sites excluding steroid dienone is 1. The van der Waals surface area contributed by atoms with Crippen molar-refractivity contribution in [3.05, 3.63) is 76.8 Å². The summed E-state index contributed by atoms with van der Waals surface area (Å²) in [6, 6.07) is 16.8. The molecule has 0 aliphatic heterocycles. The Morgan fingerprint density at radius 1 is 1.11 bits per heavy atom. The van der Waals surface area contributed by atoms with Crippen molar-refractivity contribution in [1.82, 2.24) is 16.1 Å². The number of nitrogens with zero attached hydrogens (tertiary/aromatic N) is 1. The van der Waals surface area contributed by atoms with Crippen LogP contribution >= 0.6 is 11.6 Å². The molecule has 3 rings (SSSR count). The Bertz CT molecular complexity index is 943. The first kappa shape index (κ1) is 26.6. The molecule has 0 aromatic heterocycles. The smallest absolute Gasteiger partial charge is 0.316 e. The maximum Gasteiger partial charge on any atom is 0.316 e. The van der Waals surface area contributed by atoms with Gasteiger partial charge in [-0.2, -0.15) is 0 Å². The van der Waals surface area contributed by atoms with Crippen LogP contribution in [-0.4, -0.2) is 31.1 Å². The summed E-state index contributed by atoms with van der Waals surface area (Å²) in [7, 11) is 0. The number of nitrogens with one attached hydrogen (secondary N) is 3. The number of amides is 2. The lowest BCUT2D eigenvalue weighted by atomic mass is 10.1. The molecule has 35 heavy (non-hydrogen) atoms. The number of hydrogen-bond acceptors (Lipinski definition) is 5. The van der Waals surface area contributed by atoms with E-state index in [1.54, 1.807) is 13.1 Å². The van der Waals surface area contributed by atoms with E-state index in [4.69, 9.17) is 21.3 Å². The van der Waals surface area contributed by atoms with Gasteiger partial charge in [0.05, 0.1) is 6.21 Å². The summed E-state index contributed by atoms with van der Waals surface area (Å²) < 4.78 is 6.22. The predicted molar refractivity (Wildman–Crippen MR) is 141 cm³/mol. The molecule has 3 N–H and O–H groups in total. The van der Waals surface area contributed by atoms with Gasteiger partial charge in [0, 0.05) is 18.0 Å². The van der Waals surface area contributed by atoms with E-state index in [0.29, 0.717) is 11.6 Å². The van der Waals surface area contributed by atoms with Gasteiger partial charge in [0.15, 0.2) is 0 Å². The van der Waals surface area contributed by atoms with E-state index in [2.05, 4.69) is 27.3 Å². The van der Waals surface area contributed by atoms with E-state index in [9.17, 15) is 4.79 Å². The average molecular weight is 499 g/mol. The van der Waals surface area contributed by atoms with Gasteiger partial charge >= 0.3 is 6.03 Å². The molecule has 1 saturated carbocycles. The highest BCUT2D eigenvalue weighted by atomic mass is 35.5. The summed E-state index contributed by atoms with van der Waals surface area (Å²) in [5.74, 6) is 0.810. The fourth-order valence-electron chi connectivity index (χ4n) is 3.81. The lowest BCUT2D eigenvalue weighted by Gasteiger charge is -2.19. The van der Waals surface area contributed by atoms with Crippen LogP contribution in [0.1, 0.15) is 57.4 Å². The molecule has 1 aliphatic carbocycles. The van der Waals surface area contributed by atoms with Crippen molar-refractivity contribution in [2.75, 3.05) is 6.54 Å². The number of oxime groups is 1. The van der Waals surface area contributed by atoms with E-state index < -0.39 is 6.17 Å². The molecule has 2 unspecified atom stereocenters. The van der Waals surface area contributed by atoms with Crippen LogP contribution in [0.3, 0.4) is 0 Å². The minimum absolute atomic E-state index is 0.0469. The number of urea groups is 1. The average Bonchev–Trinajstić information content (AvgIpc) is 3.38. The molecule has 0 bridgehead atoms. The fraction of sp³-hybridized carbons (Fsp3) is 0.407. The SMILES string of the molecule is CC(NO/N=C/c1ccccc1)NC(=O)NCCCC(CC=C1CCCC1)Oc1ccc(Cl)cc1. The largest absolute Gasteiger partial charge is 0.490 e. The second-order valence-electron chi connectivity index (χ2n) is 8.62. The number of carbonyl (C=O) groups is 1. The quantitative estimate of drug-likeness (QED) is 0.105. The molecule has 0 radical (unpaired) electrons. The summed E-state index contributed by atoms with van der Waals surface area (Å²) in [5, 5.41) is 10.2. The maximum absolute atomic E-state index is 12.2. The first-order valence-electron chi connectivity index (χ1n) is 12.2. The molecule has 2 atom stereocenters. The van der Waals surface area contributed by atoms with Crippen LogP contribution in [0.5, 0.6) is 5.75 Å². The van der Waals surface area contributed by atoms with E-state index in [1.165, 1.54) is 31.3 Å². The fourth-order valence-corrected chi connectivity index (χ4v) is 3.93. The lowest BCUT2D eigenvalue weighted by molar-refractivity contribution is 0.0203. The number of benzene rings is 2. The highest BCUT2D eigenvalue weighted by Crippen LogP contribution is 2.26. The Morgan fingerprint density at radius 2 is 1.86 bits per heavy atom. The minimum atomic E-state index is -0.415. The first-order chi connectivity index (χ1) is 17.1. The van der Waals surface area contributed by atoms with Gasteiger partial charge in [0.1, 0.15) is 18.0 Å². The zero-order valence-corrected chi connectivity index (χ0v) is 21.0. The number of rotatable bonds is 13. The number of hydrogen-bond donors (Lipinski definition) is 3. The molecule has 7 nitrogen and oxygen atoms in total. The molecule has 1 fully saturated rings. The van der Waals surface area contributed by atoms with Crippen molar-refractivity contribution in [3.63, 3.8) is 0 Å². The zero-order valence-electron chi connectivity index (χ0n) is 20.2. The van der Waals surface area contributed by atoms with Crippen LogP contribution in [0, 0.1) is 0 Å². The summed E-state index contributed by atoms with van der Waals surface area (Å²) in [6.07, 6.45) is 11.0. The number of hydroxylamine groups is 1. The molecule has 188 valence electrons. The van der Waals surface area contributed by atoms with Crippen molar-refractivity contribution in [2.45, 2.75) is 64.1 Å². The van der Waals surface area contributed by atoms with Crippen molar-refractivity contribution in [3.8, 4) is 5.75 Å². The highest BCUT2D eigenvalue weighted by Gasteiger charge is 2.13. The third kappa shape index (κ3) is 10.8. The predicted octanol–water partition coefficient (Wildman–Crippen LogP) is 5.96. The van der Waals surface area contributed by atoms with E-state index in [0.717, 1.165) is 30.6 Å². The topological polar surface area (TPSA) is 84.0 Å². The molecule has 2 aromatic carbocycles. The number of carbonyl (C=O) groups excluding carboxylic acids is 1. The van der Waals surface area contributed by atoms with Crippen molar-refractivity contribution in [2.24, 2.45) is 5.16 Å². The minimum Gasteiger partial charge on any atom is -0.490 e. The van der Waals surface area contributed by atoms with Crippen LogP contribution in [0.25, 0.3) is 0 Å². The van der Waals surface area contributed by atoms with Gasteiger partial charge in [-0.25, -0.2) is 4.79 Å². The van der Waals surface area contributed by atoms with Gasteiger partial charge in [-0.05, 0) is 75.3 Å². The summed E-state index contributed by atoms with van der Waals surface area (Å²) >= 11 is 5.99. The zero-order chi connectivity index (χ0) is 24.7. The molecule has 0 spiro atoms. The number of halogens is 1. The van der Waals surface area contributed by atoms with Crippen LogP contribution in [0.2, 0.25) is 5.02 Å². The van der Waals surface area contributed by atoms with Crippen molar-refractivity contribution in [1.29, 1.82) is 0 Å². The lowest BCUT2D eigenvalue weighted by Crippen LogP contribution is -2.47. The van der Waals surface area contributed by atoms with E-state index >= 15 is 0 Å². The molecule has 0 heterocycles. The Hall–Kier alpha value is -3.03. The van der Waals surface area contributed by atoms with Crippen LogP contribution in [0.4, 0.5) is 4.79 Å². The molecule has 0 saturated heterocycles. The van der Waals surface area contributed by atoms with Crippen LogP contribution < -0.4 is 20.9 Å². The summed E-state index contributed by atoms with van der Waals surface area (Å²) in [4.78, 5) is 17.2. The summed E-state index contributed by atoms with van der Waals surface area (Å²) in [5.41, 5.74) is 5.11. The maximum atomic E-state index is 12.2. The van der Waals surface area contributed by atoms with E-state index in [1.807, 2.05) is 54.6 Å². The van der Waals surface area contributed by atoms with Gasteiger partial charge in [0.2, 0.25) is 0 Å². The Morgan fingerprint density at radius 3 is 2.60 bits per heavy atom. The Balaban J connectivity index is 1.35. The molecule has 2 aromatic rings.